The van der Waals surface area contributed by atoms with Crippen molar-refractivity contribution < 1.29 is 13.7 Å². The van der Waals surface area contributed by atoms with Crippen molar-refractivity contribution >= 4 is 22.7 Å². The zero-order valence-corrected chi connectivity index (χ0v) is 10.8. The van der Waals surface area contributed by atoms with Crippen LogP contribution >= 0.6 is 11.3 Å². The van der Waals surface area contributed by atoms with Gasteiger partial charge in [0.15, 0.2) is 17.3 Å². The molecule has 0 unspecified atom stereocenters. The molecule has 0 amide bonds. The molecular weight excluding hydrogens is 274 g/mol. The number of nitrogens with one attached hydrogen (secondary N) is 1. The molecule has 0 aliphatic rings. The fraction of sp³-hybridized carbons (Fsp3) is 0.167. The average Bonchev–Trinajstić information content (AvgIpc) is 2.76. The highest BCUT2D eigenvalue weighted by atomic mass is 32.1. The number of hydrogen-bond acceptors (Lipinski definition) is 4. The summed E-state index contributed by atoms with van der Waals surface area (Å²) in [5.41, 5.74) is 0.0999. The lowest BCUT2D eigenvalue weighted by molar-refractivity contribution is -0.384. The van der Waals surface area contributed by atoms with E-state index in [4.69, 9.17) is 0 Å². The van der Waals surface area contributed by atoms with Crippen LogP contribution in [0.3, 0.4) is 0 Å². The summed E-state index contributed by atoms with van der Waals surface area (Å²) < 4.78 is 26.7. The van der Waals surface area contributed by atoms with E-state index in [2.05, 4.69) is 5.32 Å². The summed E-state index contributed by atoms with van der Waals surface area (Å²) >= 11 is 1.44. The van der Waals surface area contributed by atoms with Crippen LogP contribution < -0.4 is 5.32 Å². The van der Waals surface area contributed by atoms with Crippen LogP contribution in [-0.4, -0.2) is 4.92 Å². The minimum atomic E-state index is -1.23. The van der Waals surface area contributed by atoms with Crippen LogP contribution in [0, 0.1) is 28.7 Å². The molecule has 0 aliphatic heterocycles. The molecule has 0 radical (unpaired) electrons. The second-order valence-electron chi connectivity index (χ2n) is 3.89. The lowest BCUT2D eigenvalue weighted by atomic mass is 10.2. The fourth-order valence-electron chi connectivity index (χ4n) is 1.61. The molecule has 19 heavy (non-hydrogen) atoms. The van der Waals surface area contributed by atoms with Crippen molar-refractivity contribution in [2.75, 3.05) is 5.32 Å². The number of benzene rings is 1. The van der Waals surface area contributed by atoms with Gasteiger partial charge in [-0.2, -0.15) is 0 Å². The molecule has 100 valence electrons. The topological polar surface area (TPSA) is 55.2 Å². The van der Waals surface area contributed by atoms with Gasteiger partial charge in [0.05, 0.1) is 4.92 Å². The van der Waals surface area contributed by atoms with Crippen molar-refractivity contribution in [1.82, 2.24) is 0 Å². The summed E-state index contributed by atoms with van der Waals surface area (Å²) in [6.45, 7) is 2.09. The number of nitro groups is 1. The summed E-state index contributed by atoms with van der Waals surface area (Å²) in [6.07, 6.45) is 0. The average molecular weight is 284 g/mol. The van der Waals surface area contributed by atoms with Gasteiger partial charge in [-0.3, -0.25) is 10.1 Å². The molecule has 0 fully saturated rings. The number of hydrogen-bond donors (Lipinski definition) is 1. The standard InChI is InChI=1S/C12H10F2N2O2S/c1-7-4-5-19-10(7)6-15-12-9(16(17)18)3-2-8(13)11(12)14/h2-5,15H,6H2,1H3. The maximum absolute atomic E-state index is 13.6. The summed E-state index contributed by atoms with van der Waals surface area (Å²) in [6, 6.07) is 3.58. The Morgan fingerprint density at radius 2 is 2.11 bits per heavy atom. The van der Waals surface area contributed by atoms with Crippen LogP contribution in [0.1, 0.15) is 10.4 Å². The third-order valence-electron chi connectivity index (χ3n) is 2.66. The van der Waals surface area contributed by atoms with Crippen molar-refractivity contribution in [2.45, 2.75) is 13.5 Å². The van der Waals surface area contributed by atoms with Crippen LogP contribution in [0.5, 0.6) is 0 Å². The number of nitrogens with zero attached hydrogens (tertiary/aromatic N) is 1. The van der Waals surface area contributed by atoms with E-state index in [0.717, 1.165) is 22.6 Å². The number of nitro benzene ring substituents is 1. The highest BCUT2D eigenvalue weighted by Gasteiger charge is 2.21. The Bertz CT molecular complexity index is 628. The number of aryl methyl sites for hydroxylation is 1. The molecule has 0 saturated heterocycles. The number of anilines is 1. The van der Waals surface area contributed by atoms with Gasteiger partial charge in [0.1, 0.15) is 0 Å². The molecule has 1 aromatic heterocycles. The lowest BCUT2D eigenvalue weighted by Gasteiger charge is -2.08. The Morgan fingerprint density at radius 3 is 2.68 bits per heavy atom. The molecule has 0 atom stereocenters. The molecular formula is C12H10F2N2O2S. The number of rotatable bonds is 4. The van der Waals surface area contributed by atoms with E-state index in [1.807, 2.05) is 18.4 Å². The molecule has 0 saturated carbocycles. The third-order valence-corrected chi connectivity index (χ3v) is 3.69. The van der Waals surface area contributed by atoms with Crippen molar-refractivity contribution in [3.8, 4) is 0 Å². The van der Waals surface area contributed by atoms with Crippen LogP contribution in [0.2, 0.25) is 0 Å². The Labute approximate surface area is 111 Å². The highest BCUT2D eigenvalue weighted by Crippen LogP contribution is 2.30. The zero-order valence-electron chi connectivity index (χ0n) is 9.94. The van der Waals surface area contributed by atoms with Crippen LogP contribution in [0.4, 0.5) is 20.2 Å². The van der Waals surface area contributed by atoms with Crippen LogP contribution in [-0.2, 0) is 6.54 Å². The second-order valence-corrected chi connectivity index (χ2v) is 4.89. The van der Waals surface area contributed by atoms with Crippen molar-refractivity contribution in [1.29, 1.82) is 0 Å². The van der Waals surface area contributed by atoms with Gasteiger partial charge in [-0.25, -0.2) is 8.78 Å². The smallest absolute Gasteiger partial charge is 0.295 e. The zero-order chi connectivity index (χ0) is 14.0. The molecule has 2 aromatic rings. The second kappa shape index (κ2) is 5.31. The molecule has 7 heteroatoms. The van der Waals surface area contributed by atoms with E-state index in [-0.39, 0.29) is 6.54 Å². The lowest BCUT2D eigenvalue weighted by Crippen LogP contribution is -2.06. The molecule has 1 heterocycles. The number of halogens is 2. The first-order valence-corrected chi connectivity index (χ1v) is 6.28. The molecule has 0 bridgehead atoms. The van der Waals surface area contributed by atoms with Gasteiger partial charge in [0.2, 0.25) is 0 Å². The monoisotopic (exact) mass is 284 g/mol. The van der Waals surface area contributed by atoms with Crippen LogP contribution in [0.25, 0.3) is 0 Å². The minimum Gasteiger partial charge on any atom is -0.372 e. The maximum Gasteiger partial charge on any atom is 0.295 e. The van der Waals surface area contributed by atoms with Crippen LogP contribution in [0.15, 0.2) is 23.6 Å². The van der Waals surface area contributed by atoms with E-state index in [1.165, 1.54) is 11.3 Å². The SMILES string of the molecule is Cc1ccsc1CNc1c([N+](=O)[O-])ccc(F)c1F. The first kappa shape index (κ1) is 13.4. The first-order valence-electron chi connectivity index (χ1n) is 5.40. The van der Waals surface area contributed by atoms with Gasteiger partial charge < -0.3 is 5.32 Å². The fourth-order valence-corrected chi connectivity index (χ4v) is 2.46. The van der Waals surface area contributed by atoms with E-state index < -0.39 is 27.9 Å². The molecule has 1 N–H and O–H groups in total. The highest BCUT2D eigenvalue weighted by molar-refractivity contribution is 7.10. The first-order chi connectivity index (χ1) is 9.00. The van der Waals surface area contributed by atoms with E-state index in [9.17, 15) is 18.9 Å². The maximum atomic E-state index is 13.6. The van der Waals surface area contributed by atoms with E-state index in [0.29, 0.717) is 0 Å². The Morgan fingerprint density at radius 1 is 1.37 bits per heavy atom. The third kappa shape index (κ3) is 2.70. The summed E-state index contributed by atoms with van der Waals surface area (Å²) in [4.78, 5) is 11.0. The van der Waals surface area contributed by atoms with E-state index in [1.54, 1.807) is 0 Å². The van der Waals surface area contributed by atoms with Gasteiger partial charge in [-0.15, -0.1) is 11.3 Å². The summed E-state index contributed by atoms with van der Waals surface area (Å²) in [7, 11) is 0. The summed E-state index contributed by atoms with van der Waals surface area (Å²) in [5, 5.41) is 15.3. The van der Waals surface area contributed by atoms with Gasteiger partial charge in [0.25, 0.3) is 5.69 Å². The van der Waals surface area contributed by atoms with Gasteiger partial charge >= 0.3 is 0 Å². The molecule has 0 spiro atoms. The van der Waals surface area contributed by atoms with Crippen molar-refractivity contribution in [3.05, 3.63) is 55.8 Å². The number of thiophene rings is 1. The Kier molecular flexibility index (Phi) is 3.75. The quantitative estimate of drug-likeness (QED) is 0.685. The Hall–Kier alpha value is -2.02. The Balaban J connectivity index is 2.31. The molecule has 1 aromatic carbocycles. The molecule has 0 aliphatic carbocycles. The van der Waals surface area contributed by atoms with Gasteiger partial charge in [0, 0.05) is 17.5 Å². The van der Waals surface area contributed by atoms with Crippen molar-refractivity contribution in [3.63, 3.8) is 0 Å². The van der Waals surface area contributed by atoms with Gasteiger partial charge in [-0.1, -0.05) is 0 Å². The normalized spacial score (nSPS) is 10.5. The molecule has 2 rings (SSSR count). The van der Waals surface area contributed by atoms with Gasteiger partial charge in [-0.05, 0) is 30.0 Å². The summed E-state index contributed by atoms with van der Waals surface area (Å²) in [5.74, 6) is -2.35. The predicted molar refractivity (Wildman–Crippen MR) is 69.4 cm³/mol. The minimum absolute atomic E-state index is 0.213. The predicted octanol–water partition coefficient (Wildman–Crippen LogP) is 3.86. The van der Waals surface area contributed by atoms with Crippen molar-refractivity contribution in [2.24, 2.45) is 0 Å². The molecule has 4 nitrogen and oxygen atoms in total. The largest absolute Gasteiger partial charge is 0.372 e. The van der Waals surface area contributed by atoms with E-state index >= 15 is 0 Å².